The number of hydrogen-bond acceptors (Lipinski definition) is 4. The zero-order valence-corrected chi connectivity index (χ0v) is 10.1. The van der Waals surface area contributed by atoms with Crippen LogP contribution in [-0.2, 0) is 4.74 Å². The van der Waals surface area contributed by atoms with Gasteiger partial charge in [-0.05, 0) is 13.8 Å². The summed E-state index contributed by atoms with van der Waals surface area (Å²) in [4.78, 5) is 2.24. The number of ether oxygens (including phenoxy) is 1. The van der Waals surface area contributed by atoms with Crippen molar-refractivity contribution in [3.63, 3.8) is 0 Å². The smallest absolute Gasteiger partial charge is 0.143 e. The summed E-state index contributed by atoms with van der Waals surface area (Å²) in [6, 6.07) is 0.425. The molecule has 0 rings (SSSR count). The summed E-state index contributed by atoms with van der Waals surface area (Å²) in [5.74, 6) is 0.326. The molecule has 0 aliphatic heterocycles. The summed E-state index contributed by atoms with van der Waals surface area (Å²) in [6.45, 7) is 8.51. The Morgan fingerprint density at radius 3 is 2.47 bits per heavy atom. The van der Waals surface area contributed by atoms with Crippen molar-refractivity contribution in [1.82, 2.24) is 4.90 Å². The summed E-state index contributed by atoms with van der Waals surface area (Å²) in [5.41, 5.74) is 5.54. The molecule has 90 valence electrons. The average Bonchev–Trinajstić information content (AvgIpc) is 2.22. The molecule has 0 aromatic carbocycles. The molecule has 0 heterocycles. The molecule has 0 radical (unpaired) electrons. The number of amidine groups is 1. The van der Waals surface area contributed by atoms with Crippen molar-refractivity contribution < 1.29 is 9.94 Å². The lowest BCUT2D eigenvalue weighted by molar-refractivity contribution is 0.124. The predicted octanol–water partition coefficient (Wildman–Crippen LogP) is 0.726. The second-order valence-corrected chi connectivity index (χ2v) is 4.01. The number of nitrogens with zero attached hydrogens (tertiary/aromatic N) is 2. The van der Waals surface area contributed by atoms with Crippen molar-refractivity contribution in [2.45, 2.75) is 26.8 Å². The van der Waals surface area contributed by atoms with Gasteiger partial charge < -0.3 is 15.7 Å². The molecule has 0 aliphatic rings. The largest absolute Gasteiger partial charge is 0.409 e. The van der Waals surface area contributed by atoms with E-state index in [0.29, 0.717) is 12.6 Å². The van der Waals surface area contributed by atoms with Crippen LogP contribution in [0.3, 0.4) is 0 Å². The molecule has 1 unspecified atom stereocenters. The fourth-order valence-electron chi connectivity index (χ4n) is 1.31. The van der Waals surface area contributed by atoms with Crippen LogP contribution in [0.15, 0.2) is 5.16 Å². The molecule has 0 amide bonds. The van der Waals surface area contributed by atoms with Gasteiger partial charge in [-0.25, -0.2) is 0 Å². The second-order valence-electron chi connectivity index (χ2n) is 4.01. The van der Waals surface area contributed by atoms with Gasteiger partial charge in [0.15, 0.2) is 0 Å². The van der Waals surface area contributed by atoms with Gasteiger partial charge in [-0.2, -0.15) is 0 Å². The van der Waals surface area contributed by atoms with E-state index >= 15 is 0 Å². The monoisotopic (exact) mass is 217 g/mol. The topological polar surface area (TPSA) is 71.1 Å². The highest BCUT2D eigenvalue weighted by atomic mass is 16.5. The summed E-state index contributed by atoms with van der Waals surface area (Å²) >= 11 is 0. The number of hydrogen-bond donors (Lipinski definition) is 2. The lowest BCUT2D eigenvalue weighted by Gasteiger charge is -2.28. The van der Waals surface area contributed by atoms with Crippen molar-refractivity contribution >= 4 is 5.84 Å². The minimum absolute atomic E-state index is 0.0502. The number of methoxy groups -OCH3 is 1. The fourth-order valence-corrected chi connectivity index (χ4v) is 1.31. The molecule has 5 heteroatoms. The Labute approximate surface area is 91.9 Å². The van der Waals surface area contributed by atoms with Crippen LogP contribution in [0, 0.1) is 5.92 Å². The highest BCUT2D eigenvalue weighted by Gasteiger charge is 2.15. The molecule has 3 N–H and O–H groups in total. The minimum Gasteiger partial charge on any atom is -0.409 e. The van der Waals surface area contributed by atoms with Gasteiger partial charge in [-0.15, -0.1) is 0 Å². The van der Waals surface area contributed by atoms with E-state index in [4.69, 9.17) is 15.7 Å². The maximum atomic E-state index is 8.55. The molecule has 0 spiro atoms. The zero-order chi connectivity index (χ0) is 11.8. The van der Waals surface area contributed by atoms with Crippen LogP contribution >= 0.6 is 0 Å². The van der Waals surface area contributed by atoms with E-state index in [1.165, 1.54) is 0 Å². The van der Waals surface area contributed by atoms with Crippen molar-refractivity contribution in [2.24, 2.45) is 16.8 Å². The maximum Gasteiger partial charge on any atom is 0.143 e. The molecule has 5 nitrogen and oxygen atoms in total. The Kier molecular flexibility index (Phi) is 7.07. The summed E-state index contributed by atoms with van der Waals surface area (Å²) in [5, 5.41) is 11.6. The third-order valence-electron chi connectivity index (χ3n) is 2.44. The van der Waals surface area contributed by atoms with Crippen LogP contribution in [0.4, 0.5) is 0 Å². The van der Waals surface area contributed by atoms with E-state index < -0.39 is 0 Å². The molecule has 0 aromatic heterocycles. The molecule has 0 aromatic rings. The van der Waals surface area contributed by atoms with Gasteiger partial charge >= 0.3 is 0 Å². The molecule has 0 aliphatic carbocycles. The van der Waals surface area contributed by atoms with Gasteiger partial charge in [0.05, 0.1) is 6.61 Å². The van der Waals surface area contributed by atoms with Crippen LogP contribution in [0.2, 0.25) is 0 Å². The highest BCUT2D eigenvalue weighted by molar-refractivity contribution is 5.82. The van der Waals surface area contributed by atoms with Gasteiger partial charge in [0, 0.05) is 32.2 Å². The fraction of sp³-hybridized carbons (Fsp3) is 0.900. The molecule has 0 bridgehead atoms. The molecule has 0 fully saturated rings. The SMILES string of the molecule is COCCN(CC(C)C(N)=NO)C(C)C. The molecule has 15 heavy (non-hydrogen) atoms. The lowest BCUT2D eigenvalue weighted by atomic mass is 10.1. The van der Waals surface area contributed by atoms with Crippen molar-refractivity contribution in [3.8, 4) is 0 Å². The first kappa shape index (κ1) is 14.2. The first-order valence-electron chi connectivity index (χ1n) is 5.23. The van der Waals surface area contributed by atoms with Gasteiger partial charge in [0.25, 0.3) is 0 Å². The summed E-state index contributed by atoms with van der Waals surface area (Å²) < 4.78 is 5.04. The maximum absolute atomic E-state index is 8.55. The summed E-state index contributed by atoms with van der Waals surface area (Å²) in [7, 11) is 1.69. The van der Waals surface area contributed by atoms with E-state index in [-0.39, 0.29) is 11.8 Å². The highest BCUT2D eigenvalue weighted by Crippen LogP contribution is 2.04. The number of nitrogens with two attached hydrogens (primary N) is 1. The van der Waals surface area contributed by atoms with Crippen molar-refractivity contribution in [3.05, 3.63) is 0 Å². The van der Waals surface area contributed by atoms with Crippen LogP contribution in [-0.4, -0.2) is 48.8 Å². The van der Waals surface area contributed by atoms with Crippen molar-refractivity contribution in [2.75, 3.05) is 26.8 Å². The number of oxime groups is 1. The van der Waals surface area contributed by atoms with Gasteiger partial charge in [-0.3, -0.25) is 4.90 Å². The molecular formula is C10H23N3O2. The van der Waals surface area contributed by atoms with Crippen LogP contribution in [0.5, 0.6) is 0 Å². The summed E-state index contributed by atoms with van der Waals surface area (Å²) in [6.07, 6.45) is 0. The van der Waals surface area contributed by atoms with Gasteiger partial charge in [0.1, 0.15) is 5.84 Å². The Balaban J connectivity index is 4.15. The second kappa shape index (κ2) is 7.48. The van der Waals surface area contributed by atoms with Gasteiger partial charge in [0.2, 0.25) is 0 Å². The lowest BCUT2D eigenvalue weighted by Crippen LogP contribution is -2.40. The quantitative estimate of drug-likeness (QED) is 0.285. The Morgan fingerprint density at radius 1 is 1.47 bits per heavy atom. The first-order valence-corrected chi connectivity index (χ1v) is 5.23. The Morgan fingerprint density at radius 2 is 2.07 bits per heavy atom. The molecule has 0 saturated carbocycles. The van der Waals surface area contributed by atoms with E-state index in [2.05, 4.69) is 23.9 Å². The number of rotatable bonds is 7. The van der Waals surface area contributed by atoms with Crippen LogP contribution < -0.4 is 5.73 Å². The minimum atomic E-state index is 0.0502. The van der Waals surface area contributed by atoms with Crippen molar-refractivity contribution in [1.29, 1.82) is 0 Å². The average molecular weight is 217 g/mol. The van der Waals surface area contributed by atoms with E-state index in [9.17, 15) is 0 Å². The van der Waals surface area contributed by atoms with E-state index in [1.807, 2.05) is 6.92 Å². The Hall–Kier alpha value is -0.810. The van der Waals surface area contributed by atoms with Crippen LogP contribution in [0.25, 0.3) is 0 Å². The normalized spacial score (nSPS) is 14.9. The van der Waals surface area contributed by atoms with E-state index in [1.54, 1.807) is 7.11 Å². The van der Waals surface area contributed by atoms with Gasteiger partial charge in [-0.1, -0.05) is 12.1 Å². The first-order chi connectivity index (χ1) is 7.02. The molecular weight excluding hydrogens is 194 g/mol. The predicted molar refractivity (Wildman–Crippen MR) is 61.2 cm³/mol. The third kappa shape index (κ3) is 5.59. The third-order valence-corrected chi connectivity index (χ3v) is 2.44. The standard InChI is InChI=1S/C10H23N3O2/c1-8(2)13(5-6-15-4)7-9(3)10(11)12-14/h8-9,14H,5-7H2,1-4H3,(H2,11,12). The van der Waals surface area contributed by atoms with Crippen LogP contribution in [0.1, 0.15) is 20.8 Å². The molecule has 0 saturated heterocycles. The zero-order valence-electron chi connectivity index (χ0n) is 10.1. The van der Waals surface area contributed by atoms with E-state index in [0.717, 1.165) is 13.1 Å². The Bertz CT molecular complexity index is 195. The molecule has 1 atom stereocenters.